The molecule has 0 aromatic heterocycles. The van der Waals surface area contributed by atoms with E-state index in [1.165, 1.54) is 36.3 Å². The first kappa shape index (κ1) is 20.1. The number of aliphatic hydroxyl groups excluding tert-OH is 1. The summed E-state index contributed by atoms with van der Waals surface area (Å²) in [5.74, 6) is -1.30. The minimum absolute atomic E-state index is 0.0504. The third-order valence-electron chi connectivity index (χ3n) is 4.77. The van der Waals surface area contributed by atoms with E-state index in [0.717, 1.165) is 0 Å². The van der Waals surface area contributed by atoms with E-state index in [1.54, 1.807) is 24.3 Å². The van der Waals surface area contributed by atoms with Gasteiger partial charge in [0.05, 0.1) is 23.6 Å². The number of aliphatic hydroxyl groups is 1. The fourth-order valence-corrected chi connectivity index (χ4v) is 3.41. The standard InChI is InChI=1S/C21H20N2O6/c1-3-11-22-18(14-5-4-6-16(12-14)29-2)17(20(25)21(22)26)19(24)13-7-9-15(10-8-13)23(27)28/h4-10,12,18,24H,3,11H2,1-2H3/b19-17-. The Morgan fingerprint density at radius 3 is 2.48 bits per heavy atom. The molecule has 1 N–H and O–H groups in total. The van der Waals surface area contributed by atoms with Crippen LogP contribution in [0.15, 0.2) is 54.1 Å². The van der Waals surface area contributed by atoms with Gasteiger partial charge in [0.1, 0.15) is 11.5 Å². The fraction of sp³-hybridized carbons (Fsp3) is 0.238. The second-order valence-corrected chi connectivity index (χ2v) is 6.57. The molecule has 1 amide bonds. The highest BCUT2D eigenvalue weighted by Crippen LogP contribution is 2.40. The predicted octanol–water partition coefficient (Wildman–Crippen LogP) is 3.44. The van der Waals surface area contributed by atoms with E-state index in [1.807, 2.05) is 6.92 Å². The number of ether oxygens (including phenoxy) is 1. The fourth-order valence-electron chi connectivity index (χ4n) is 3.41. The zero-order valence-corrected chi connectivity index (χ0v) is 16.0. The summed E-state index contributed by atoms with van der Waals surface area (Å²) in [6.07, 6.45) is 0.630. The van der Waals surface area contributed by atoms with Crippen LogP contribution in [0.2, 0.25) is 0 Å². The molecule has 0 spiro atoms. The van der Waals surface area contributed by atoms with Crippen LogP contribution >= 0.6 is 0 Å². The highest BCUT2D eigenvalue weighted by atomic mass is 16.6. The van der Waals surface area contributed by atoms with E-state index < -0.39 is 22.7 Å². The lowest BCUT2D eigenvalue weighted by Gasteiger charge is -2.25. The zero-order valence-electron chi connectivity index (χ0n) is 16.0. The van der Waals surface area contributed by atoms with Gasteiger partial charge in [0, 0.05) is 24.2 Å². The Morgan fingerprint density at radius 1 is 1.21 bits per heavy atom. The first-order valence-electron chi connectivity index (χ1n) is 9.06. The summed E-state index contributed by atoms with van der Waals surface area (Å²) in [7, 11) is 1.51. The summed E-state index contributed by atoms with van der Waals surface area (Å²) in [5, 5.41) is 21.7. The molecule has 8 heteroatoms. The molecule has 1 unspecified atom stereocenters. The maximum absolute atomic E-state index is 12.8. The quantitative estimate of drug-likeness (QED) is 0.263. The van der Waals surface area contributed by atoms with Crippen LogP contribution in [0.1, 0.15) is 30.5 Å². The van der Waals surface area contributed by atoms with Gasteiger partial charge in [0.15, 0.2) is 0 Å². The van der Waals surface area contributed by atoms with Crippen LogP contribution in [-0.4, -0.2) is 40.3 Å². The van der Waals surface area contributed by atoms with Gasteiger partial charge in [0.2, 0.25) is 0 Å². The molecule has 1 aliphatic rings. The molecule has 2 aromatic rings. The molecule has 1 saturated heterocycles. The number of nitro groups is 1. The molecule has 3 rings (SSSR count). The summed E-state index contributed by atoms with van der Waals surface area (Å²) >= 11 is 0. The third kappa shape index (κ3) is 3.69. The predicted molar refractivity (Wildman–Crippen MR) is 105 cm³/mol. The van der Waals surface area contributed by atoms with E-state index in [2.05, 4.69) is 0 Å². The van der Waals surface area contributed by atoms with Gasteiger partial charge in [-0.2, -0.15) is 0 Å². The highest BCUT2D eigenvalue weighted by molar-refractivity contribution is 6.46. The molecule has 1 heterocycles. The monoisotopic (exact) mass is 396 g/mol. The van der Waals surface area contributed by atoms with Crippen LogP contribution in [0.4, 0.5) is 5.69 Å². The summed E-state index contributed by atoms with van der Waals surface area (Å²) in [6.45, 7) is 2.22. The second-order valence-electron chi connectivity index (χ2n) is 6.57. The van der Waals surface area contributed by atoms with Crippen molar-refractivity contribution in [3.8, 4) is 5.75 Å². The van der Waals surface area contributed by atoms with Gasteiger partial charge in [-0.15, -0.1) is 0 Å². The molecule has 1 atom stereocenters. The number of amides is 1. The lowest BCUT2D eigenvalue weighted by Crippen LogP contribution is -2.30. The van der Waals surface area contributed by atoms with E-state index in [-0.39, 0.29) is 22.6 Å². The Morgan fingerprint density at radius 2 is 1.90 bits per heavy atom. The van der Waals surface area contributed by atoms with Crippen molar-refractivity contribution in [1.29, 1.82) is 0 Å². The zero-order chi connectivity index (χ0) is 21.1. The van der Waals surface area contributed by atoms with Crippen LogP contribution in [-0.2, 0) is 9.59 Å². The van der Waals surface area contributed by atoms with Gasteiger partial charge >= 0.3 is 0 Å². The summed E-state index contributed by atoms with van der Waals surface area (Å²) in [4.78, 5) is 37.1. The summed E-state index contributed by atoms with van der Waals surface area (Å²) in [5.41, 5.74) is 0.654. The number of nitro benzene ring substituents is 1. The number of non-ortho nitro benzene ring substituents is 1. The van der Waals surface area contributed by atoms with Crippen molar-refractivity contribution in [3.05, 3.63) is 75.3 Å². The number of methoxy groups -OCH3 is 1. The number of hydrogen-bond acceptors (Lipinski definition) is 6. The van der Waals surface area contributed by atoms with Crippen molar-refractivity contribution < 1.29 is 24.4 Å². The first-order chi connectivity index (χ1) is 13.9. The van der Waals surface area contributed by atoms with E-state index in [9.17, 15) is 24.8 Å². The number of hydrogen-bond donors (Lipinski definition) is 1. The molecule has 2 aromatic carbocycles. The first-order valence-corrected chi connectivity index (χ1v) is 9.06. The number of Topliss-reactive ketones (excluding diaryl/α,β-unsaturated/α-hetero) is 1. The molecule has 0 bridgehead atoms. The number of likely N-dealkylation sites (tertiary alicyclic amines) is 1. The van der Waals surface area contributed by atoms with Crippen molar-refractivity contribution in [1.82, 2.24) is 4.90 Å². The number of ketones is 1. The van der Waals surface area contributed by atoms with Crippen molar-refractivity contribution in [2.75, 3.05) is 13.7 Å². The van der Waals surface area contributed by atoms with E-state index in [0.29, 0.717) is 24.3 Å². The molecule has 0 aliphatic carbocycles. The minimum atomic E-state index is -0.790. The average molecular weight is 396 g/mol. The molecule has 150 valence electrons. The van der Waals surface area contributed by atoms with Crippen molar-refractivity contribution in [2.45, 2.75) is 19.4 Å². The van der Waals surface area contributed by atoms with Crippen LogP contribution in [0.25, 0.3) is 5.76 Å². The Bertz CT molecular complexity index is 996. The Labute approximate surface area is 167 Å². The smallest absolute Gasteiger partial charge is 0.295 e. The maximum atomic E-state index is 12.8. The number of carbonyl (C=O) groups excluding carboxylic acids is 2. The largest absolute Gasteiger partial charge is 0.507 e. The van der Waals surface area contributed by atoms with Crippen LogP contribution in [0, 0.1) is 10.1 Å². The molecule has 29 heavy (non-hydrogen) atoms. The average Bonchev–Trinajstić information content (AvgIpc) is 2.98. The molecule has 1 aliphatic heterocycles. The van der Waals surface area contributed by atoms with Crippen molar-refractivity contribution >= 4 is 23.1 Å². The highest BCUT2D eigenvalue weighted by Gasteiger charge is 2.45. The lowest BCUT2D eigenvalue weighted by atomic mass is 9.95. The third-order valence-corrected chi connectivity index (χ3v) is 4.77. The topological polar surface area (TPSA) is 110 Å². The van der Waals surface area contributed by atoms with Crippen LogP contribution in [0.5, 0.6) is 5.75 Å². The minimum Gasteiger partial charge on any atom is -0.507 e. The van der Waals surface area contributed by atoms with Gasteiger partial charge in [-0.05, 0) is 36.2 Å². The van der Waals surface area contributed by atoms with Gasteiger partial charge in [-0.1, -0.05) is 19.1 Å². The second kappa shape index (κ2) is 8.14. The summed E-state index contributed by atoms with van der Waals surface area (Å²) in [6, 6.07) is 11.3. The summed E-state index contributed by atoms with van der Waals surface area (Å²) < 4.78 is 5.25. The van der Waals surface area contributed by atoms with Crippen molar-refractivity contribution in [3.63, 3.8) is 0 Å². The molecular formula is C21H20N2O6. The SMILES string of the molecule is CCCN1C(=O)C(=O)/C(=C(\O)c2ccc([N+](=O)[O-])cc2)C1c1cccc(OC)c1. The Hall–Kier alpha value is -3.68. The van der Waals surface area contributed by atoms with Gasteiger partial charge in [0.25, 0.3) is 17.4 Å². The Kier molecular flexibility index (Phi) is 5.63. The van der Waals surface area contributed by atoms with E-state index in [4.69, 9.17) is 4.74 Å². The van der Waals surface area contributed by atoms with Gasteiger partial charge in [-0.3, -0.25) is 19.7 Å². The lowest BCUT2D eigenvalue weighted by molar-refractivity contribution is -0.384. The van der Waals surface area contributed by atoms with Crippen LogP contribution < -0.4 is 4.74 Å². The van der Waals surface area contributed by atoms with Crippen molar-refractivity contribution in [2.24, 2.45) is 0 Å². The number of rotatable bonds is 6. The maximum Gasteiger partial charge on any atom is 0.295 e. The van der Waals surface area contributed by atoms with Gasteiger partial charge in [-0.25, -0.2) is 0 Å². The normalized spacial score (nSPS) is 18.1. The number of nitrogens with zero attached hydrogens (tertiary/aromatic N) is 2. The molecule has 8 nitrogen and oxygen atoms in total. The molecule has 0 saturated carbocycles. The molecule has 1 fully saturated rings. The number of benzene rings is 2. The Balaban J connectivity index is 2.16. The molecular weight excluding hydrogens is 376 g/mol. The van der Waals surface area contributed by atoms with Gasteiger partial charge < -0.3 is 14.7 Å². The number of carbonyl (C=O) groups is 2. The van der Waals surface area contributed by atoms with E-state index >= 15 is 0 Å². The molecule has 0 radical (unpaired) electrons. The van der Waals surface area contributed by atoms with Crippen LogP contribution in [0.3, 0.4) is 0 Å².